The Morgan fingerprint density at radius 3 is 2.39 bits per heavy atom. The minimum Gasteiger partial charge on any atom is -0.462 e. The maximum atomic E-state index is 12.1. The number of thiazole rings is 1. The second-order valence-corrected chi connectivity index (χ2v) is 11.0. The van der Waals surface area contributed by atoms with E-state index < -0.39 is 15.8 Å². The molecule has 0 amide bonds. The number of sulfone groups is 1. The van der Waals surface area contributed by atoms with E-state index in [1.165, 1.54) is 6.26 Å². The fraction of sp³-hybridized carbons (Fsp3) is 0.391. The van der Waals surface area contributed by atoms with Crippen molar-refractivity contribution >= 4 is 49.9 Å². The Hall–Kier alpha value is -3.29. The van der Waals surface area contributed by atoms with Crippen molar-refractivity contribution in [1.82, 2.24) is 15.0 Å². The Kier molecular flexibility index (Phi) is 9.18. The van der Waals surface area contributed by atoms with E-state index in [1.807, 2.05) is 6.92 Å². The van der Waals surface area contributed by atoms with Crippen LogP contribution in [0.25, 0.3) is 0 Å². The number of carbonyl (C=O) groups excluding carboxylic acids is 1. The number of nitrogens with one attached hydrogen (secondary N) is 3. The van der Waals surface area contributed by atoms with Crippen LogP contribution < -0.4 is 16.0 Å². The molecule has 13 heteroatoms. The van der Waals surface area contributed by atoms with Crippen LogP contribution in [-0.2, 0) is 25.9 Å². The smallest absolute Gasteiger partial charge is 0.350 e. The zero-order valence-corrected chi connectivity index (χ0v) is 22.4. The third-order valence-electron chi connectivity index (χ3n) is 5.00. The fourth-order valence-electron chi connectivity index (χ4n) is 2.99. The fourth-order valence-corrected chi connectivity index (χ4v) is 4.48. The zero-order valence-electron chi connectivity index (χ0n) is 20.8. The molecule has 0 saturated heterocycles. The molecule has 3 rings (SSSR count). The number of benzene rings is 1. The van der Waals surface area contributed by atoms with E-state index in [1.54, 1.807) is 51.3 Å². The van der Waals surface area contributed by atoms with E-state index in [4.69, 9.17) is 9.47 Å². The first-order chi connectivity index (χ1) is 17.1. The van der Waals surface area contributed by atoms with Gasteiger partial charge in [0.15, 0.2) is 15.0 Å². The van der Waals surface area contributed by atoms with Crippen LogP contribution >= 0.6 is 11.3 Å². The molecule has 0 spiro atoms. The van der Waals surface area contributed by atoms with Crippen LogP contribution in [0.4, 0.5) is 22.7 Å². The van der Waals surface area contributed by atoms with Crippen LogP contribution in [0.1, 0.15) is 34.8 Å². The Morgan fingerprint density at radius 1 is 1.11 bits per heavy atom. The predicted molar refractivity (Wildman–Crippen MR) is 140 cm³/mol. The van der Waals surface area contributed by atoms with Gasteiger partial charge in [-0.1, -0.05) is 23.5 Å². The van der Waals surface area contributed by atoms with Crippen molar-refractivity contribution in [1.29, 1.82) is 0 Å². The summed E-state index contributed by atoms with van der Waals surface area (Å²) in [6.07, 6.45) is 1.14. The van der Waals surface area contributed by atoms with Crippen molar-refractivity contribution in [3.05, 3.63) is 46.5 Å². The van der Waals surface area contributed by atoms with Gasteiger partial charge in [-0.15, -0.1) is 0 Å². The summed E-state index contributed by atoms with van der Waals surface area (Å²) in [5.41, 5.74) is 1.44. The average molecular weight is 535 g/mol. The van der Waals surface area contributed by atoms with E-state index in [0.717, 1.165) is 16.9 Å². The summed E-state index contributed by atoms with van der Waals surface area (Å²) >= 11 is 1.16. The van der Waals surface area contributed by atoms with Crippen LogP contribution in [0.15, 0.2) is 35.2 Å². The maximum Gasteiger partial charge on any atom is 0.350 e. The molecule has 2 heterocycles. The standard InChI is InChI=1S/C23H30N6O5S2/c1-6-34-21(30)20-15(3)26-23(35-20)29-22-27-18(24-12-14(2)33-4)11-19(28-22)25-13-16-7-9-17(10-8-16)36(5,31)32/h7-11,14H,6,12-13H2,1-5H3,(H3,24,25,26,27,28,29). The van der Waals surface area contributed by atoms with Crippen molar-refractivity contribution in [2.24, 2.45) is 0 Å². The molecule has 0 aliphatic rings. The van der Waals surface area contributed by atoms with Crippen LogP contribution in [0.2, 0.25) is 0 Å². The highest BCUT2D eigenvalue weighted by molar-refractivity contribution is 7.90. The first kappa shape index (κ1) is 27.3. The van der Waals surface area contributed by atoms with Crippen LogP contribution in [-0.4, -0.2) is 62.0 Å². The number of anilines is 4. The summed E-state index contributed by atoms with van der Waals surface area (Å²) in [5.74, 6) is 0.954. The molecular weight excluding hydrogens is 504 g/mol. The first-order valence-corrected chi connectivity index (χ1v) is 13.9. The molecule has 1 unspecified atom stereocenters. The molecule has 0 radical (unpaired) electrons. The van der Waals surface area contributed by atoms with Gasteiger partial charge < -0.3 is 20.1 Å². The average Bonchev–Trinajstić information content (AvgIpc) is 3.20. The topological polar surface area (TPSA) is 144 Å². The van der Waals surface area contributed by atoms with Gasteiger partial charge in [-0.2, -0.15) is 9.97 Å². The normalized spacial score (nSPS) is 12.1. The number of esters is 1. The number of aryl methyl sites for hydroxylation is 1. The van der Waals surface area contributed by atoms with E-state index in [9.17, 15) is 13.2 Å². The lowest BCUT2D eigenvalue weighted by atomic mass is 10.2. The summed E-state index contributed by atoms with van der Waals surface area (Å²) in [6, 6.07) is 8.40. The summed E-state index contributed by atoms with van der Waals surface area (Å²) in [6.45, 7) is 6.64. The third-order valence-corrected chi connectivity index (χ3v) is 7.18. The van der Waals surface area contributed by atoms with Crippen molar-refractivity contribution in [3.8, 4) is 0 Å². The van der Waals surface area contributed by atoms with Gasteiger partial charge in [0, 0.05) is 32.5 Å². The van der Waals surface area contributed by atoms with E-state index in [-0.39, 0.29) is 23.6 Å². The molecule has 3 N–H and O–H groups in total. The molecule has 3 aromatic rings. The highest BCUT2D eigenvalue weighted by atomic mass is 32.2. The van der Waals surface area contributed by atoms with Gasteiger partial charge >= 0.3 is 5.97 Å². The molecule has 0 aliphatic carbocycles. The Bertz CT molecular complexity index is 1290. The Balaban J connectivity index is 1.80. The highest BCUT2D eigenvalue weighted by Crippen LogP contribution is 2.26. The number of hydrogen-bond acceptors (Lipinski definition) is 12. The molecule has 1 atom stereocenters. The molecule has 0 bridgehead atoms. The lowest BCUT2D eigenvalue weighted by molar-refractivity contribution is 0.0531. The maximum absolute atomic E-state index is 12.1. The van der Waals surface area contributed by atoms with Crippen LogP contribution in [0.3, 0.4) is 0 Å². The van der Waals surface area contributed by atoms with Crippen LogP contribution in [0, 0.1) is 6.92 Å². The zero-order chi connectivity index (χ0) is 26.3. The largest absolute Gasteiger partial charge is 0.462 e. The molecule has 11 nitrogen and oxygen atoms in total. The quantitative estimate of drug-likeness (QED) is 0.293. The van der Waals surface area contributed by atoms with E-state index in [2.05, 4.69) is 30.9 Å². The van der Waals surface area contributed by atoms with Gasteiger partial charge in [0.25, 0.3) is 0 Å². The molecule has 2 aromatic heterocycles. The minimum atomic E-state index is -3.26. The molecular formula is C23H30N6O5S2. The lowest BCUT2D eigenvalue weighted by Gasteiger charge is -2.14. The molecule has 1 aromatic carbocycles. The lowest BCUT2D eigenvalue weighted by Crippen LogP contribution is -2.19. The molecule has 36 heavy (non-hydrogen) atoms. The number of ether oxygens (including phenoxy) is 2. The van der Waals surface area contributed by atoms with Crippen molar-refractivity contribution in [2.75, 3.05) is 42.5 Å². The van der Waals surface area contributed by atoms with Gasteiger partial charge in [0.1, 0.15) is 16.5 Å². The minimum absolute atomic E-state index is 0.0325. The first-order valence-electron chi connectivity index (χ1n) is 11.2. The molecule has 194 valence electrons. The number of nitrogens with zero attached hydrogens (tertiary/aromatic N) is 3. The monoisotopic (exact) mass is 534 g/mol. The third kappa shape index (κ3) is 7.60. The van der Waals surface area contributed by atoms with Crippen LogP contribution in [0.5, 0.6) is 0 Å². The van der Waals surface area contributed by atoms with Crippen molar-refractivity contribution < 1.29 is 22.7 Å². The van der Waals surface area contributed by atoms with Gasteiger partial charge in [-0.3, -0.25) is 5.32 Å². The molecule has 0 saturated carbocycles. The van der Waals surface area contributed by atoms with E-state index >= 15 is 0 Å². The Morgan fingerprint density at radius 2 is 1.78 bits per heavy atom. The SMILES string of the molecule is CCOC(=O)c1sc(Nc2nc(NCc3ccc(S(C)(=O)=O)cc3)cc(NCC(C)OC)n2)nc1C. The second kappa shape index (κ2) is 12.1. The van der Waals surface area contributed by atoms with Crippen molar-refractivity contribution in [2.45, 2.75) is 38.3 Å². The van der Waals surface area contributed by atoms with Gasteiger partial charge in [0.05, 0.1) is 23.3 Å². The summed E-state index contributed by atoms with van der Waals surface area (Å²) < 4.78 is 33.7. The number of aromatic nitrogens is 3. The number of hydrogen-bond donors (Lipinski definition) is 3. The number of methoxy groups -OCH3 is 1. The Labute approximate surface area is 214 Å². The van der Waals surface area contributed by atoms with Gasteiger partial charge in [0.2, 0.25) is 5.95 Å². The van der Waals surface area contributed by atoms with E-state index in [0.29, 0.717) is 40.4 Å². The highest BCUT2D eigenvalue weighted by Gasteiger charge is 2.17. The summed E-state index contributed by atoms with van der Waals surface area (Å²) in [4.78, 5) is 26.2. The molecule has 0 fully saturated rings. The summed E-state index contributed by atoms with van der Waals surface area (Å²) in [5, 5.41) is 9.98. The van der Waals surface area contributed by atoms with Crippen molar-refractivity contribution in [3.63, 3.8) is 0 Å². The predicted octanol–water partition coefficient (Wildman–Crippen LogP) is 3.62. The van der Waals surface area contributed by atoms with Gasteiger partial charge in [-0.25, -0.2) is 18.2 Å². The number of carbonyl (C=O) groups is 1. The molecule has 0 aliphatic heterocycles. The second-order valence-electron chi connectivity index (χ2n) is 7.94. The van der Waals surface area contributed by atoms with Gasteiger partial charge in [-0.05, 0) is 38.5 Å². The summed E-state index contributed by atoms with van der Waals surface area (Å²) in [7, 11) is -1.62. The number of rotatable bonds is 12.